The van der Waals surface area contributed by atoms with Crippen molar-refractivity contribution in [1.29, 1.82) is 0 Å². The Morgan fingerprint density at radius 1 is 0.950 bits per heavy atom. The van der Waals surface area contributed by atoms with Crippen LogP contribution in [0.25, 0.3) is 10.8 Å². The van der Waals surface area contributed by atoms with E-state index in [1.54, 1.807) is 0 Å². The molecule has 3 aromatic rings. The van der Waals surface area contributed by atoms with Gasteiger partial charge in [0.2, 0.25) is 5.88 Å². The first-order valence-electron chi connectivity index (χ1n) is 6.41. The molecule has 4 nitrogen and oxygen atoms in total. The summed E-state index contributed by atoms with van der Waals surface area (Å²) in [6.45, 7) is 3.89. The van der Waals surface area contributed by atoms with E-state index < -0.39 is 0 Å². The lowest BCUT2D eigenvalue weighted by Crippen LogP contribution is -1.96. The van der Waals surface area contributed by atoms with Crippen LogP contribution < -0.4 is 10.5 Å². The van der Waals surface area contributed by atoms with E-state index in [0.717, 1.165) is 33.5 Å². The average Bonchev–Trinajstić information content (AvgIpc) is 2.45. The SMILES string of the molecule is Cc1cc(N)ccc1Oc1nnc(C)c2ccccc12. The van der Waals surface area contributed by atoms with Crippen molar-refractivity contribution < 1.29 is 4.74 Å². The van der Waals surface area contributed by atoms with Gasteiger partial charge in [0.15, 0.2) is 0 Å². The van der Waals surface area contributed by atoms with Crippen molar-refractivity contribution in [2.24, 2.45) is 0 Å². The highest BCUT2D eigenvalue weighted by molar-refractivity contribution is 5.88. The largest absolute Gasteiger partial charge is 0.437 e. The fraction of sp³-hybridized carbons (Fsp3) is 0.125. The molecule has 0 atom stereocenters. The molecular weight excluding hydrogens is 250 g/mol. The first-order valence-corrected chi connectivity index (χ1v) is 6.41. The highest BCUT2D eigenvalue weighted by atomic mass is 16.5. The fourth-order valence-electron chi connectivity index (χ4n) is 2.18. The lowest BCUT2D eigenvalue weighted by Gasteiger charge is -2.10. The van der Waals surface area contributed by atoms with Crippen LogP contribution in [-0.2, 0) is 0 Å². The summed E-state index contributed by atoms with van der Waals surface area (Å²) < 4.78 is 5.90. The molecule has 0 aliphatic carbocycles. The van der Waals surface area contributed by atoms with Crippen LogP contribution in [0.1, 0.15) is 11.3 Å². The molecule has 0 fully saturated rings. The van der Waals surface area contributed by atoms with Gasteiger partial charge in [0.25, 0.3) is 0 Å². The van der Waals surface area contributed by atoms with Gasteiger partial charge in [-0.2, -0.15) is 5.10 Å². The Hall–Kier alpha value is -2.62. The third-order valence-electron chi connectivity index (χ3n) is 3.24. The van der Waals surface area contributed by atoms with Gasteiger partial charge in [-0.3, -0.25) is 0 Å². The molecule has 0 aliphatic rings. The topological polar surface area (TPSA) is 61.0 Å². The summed E-state index contributed by atoms with van der Waals surface area (Å²) in [5.74, 6) is 1.25. The lowest BCUT2D eigenvalue weighted by atomic mass is 10.1. The third kappa shape index (κ3) is 2.16. The number of fused-ring (bicyclic) bond motifs is 1. The van der Waals surface area contributed by atoms with E-state index in [1.165, 1.54) is 0 Å². The molecular formula is C16H15N3O. The van der Waals surface area contributed by atoms with E-state index in [0.29, 0.717) is 5.88 Å². The Kier molecular flexibility index (Phi) is 2.99. The molecule has 20 heavy (non-hydrogen) atoms. The molecule has 2 N–H and O–H groups in total. The molecule has 1 heterocycles. The van der Waals surface area contributed by atoms with Crippen molar-refractivity contribution in [2.75, 3.05) is 5.73 Å². The summed E-state index contributed by atoms with van der Waals surface area (Å²) in [7, 11) is 0. The minimum absolute atomic E-state index is 0.513. The second-order valence-electron chi connectivity index (χ2n) is 4.76. The zero-order valence-corrected chi connectivity index (χ0v) is 11.4. The Morgan fingerprint density at radius 3 is 2.45 bits per heavy atom. The van der Waals surface area contributed by atoms with Gasteiger partial charge in [-0.25, -0.2) is 0 Å². The van der Waals surface area contributed by atoms with Crippen molar-refractivity contribution in [3.63, 3.8) is 0 Å². The maximum atomic E-state index is 5.90. The number of nitrogen functional groups attached to an aromatic ring is 1. The second-order valence-corrected chi connectivity index (χ2v) is 4.76. The predicted molar refractivity (Wildman–Crippen MR) is 79.9 cm³/mol. The van der Waals surface area contributed by atoms with Gasteiger partial charge < -0.3 is 10.5 Å². The monoisotopic (exact) mass is 265 g/mol. The van der Waals surface area contributed by atoms with Crippen LogP contribution in [-0.4, -0.2) is 10.2 Å². The van der Waals surface area contributed by atoms with E-state index in [4.69, 9.17) is 10.5 Å². The number of nitrogens with two attached hydrogens (primary N) is 1. The summed E-state index contributed by atoms with van der Waals surface area (Å²) in [6.07, 6.45) is 0. The fourth-order valence-corrected chi connectivity index (χ4v) is 2.18. The molecule has 0 aliphatic heterocycles. The Bertz CT molecular complexity index is 784. The normalized spacial score (nSPS) is 10.7. The van der Waals surface area contributed by atoms with Gasteiger partial charge in [-0.05, 0) is 43.7 Å². The summed E-state index contributed by atoms with van der Waals surface area (Å²) in [5.41, 5.74) is 8.32. The minimum Gasteiger partial charge on any atom is -0.437 e. The van der Waals surface area contributed by atoms with E-state index >= 15 is 0 Å². The maximum Gasteiger partial charge on any atom is 0.246 e. The van der Waals surface area contributed by atoms with E-state index in [1.807, 2.05) is 56.3 Å². The predicted octanol–water partition coefficient (Wildman–Crippen LogP) is 3.62. The number of ether oxygens (including phenoxy) is 1. The van der Waals surface area contributed by atoms with Crippen LogP contribution >= 0.6 is 0 Å². The van der Waals surface area contributed by atoms with Crippen LogP contribution in [0.15, 0.2) is 42.5 Å². The van der Waals surface area contributed by atoms with Crippen molar-refractivity contribution >= 4 is 16.5 Å². The third-order valence-corrected chi connectivity index (χ3v) is 3.24. The number of aryl methyl sites for hydroxylation is 2. The maximum absolute atomic E-state index is 5.90. The van der Waals surface area contributed by atoms with Gasteiger partial charge in [-0.15, -0.1) is 5.10 Å². The molecule has 3 rings (SSSR count). The first kappa shape index (κ1) is 12.4. The molecule has 0 saturated carbocycles. The zero-order valence-electron chi connectivity index (χ0n) is 11.4. The smallest absolute Gasteiger partial charge is 0.246 e. The quantitative estimate of drug-likeness (QED) is 0.719. The first-order chi connectivity index (χ1) is 9.65. The summed E-state index contributed by atoms with van der Waals surface area (Å²) in [5, 5.41) is 10.3. The average molecular weight is 265 g/mol. The Labute approximate surface area is 117 Å². The summed E-state index contributed by atoms with van der Waals surface area (Å²) in [6, 6.07) is 13.5. The van der Waals surface area contributed by atoms with E-state index in [2.05, 4.69) is 10.2 Å². The van der Waals surface area contributed by atoms with Crippen LogP contribution in [0.2, 0.25) is 0 Å². The molecule has 2 aromatic carbocycles. The zero-order chi connectivity index (χ0) is 14.1. The van der Waals surface area contributed by atoms with Crippen LogP contribution in [0, 0.1) is 13.8 Å². The minimum atomic E-state index is 0.513. The highest BCUT2D eigenvalue weighted by Crippen LogP contribution is 2.30. The van der Waals surface area contributed by atoms with E-state index in [9.17, 15) is 0 Å². The molecule has 100 valence electrons. The number of benzene rings is 2. The van der Waals surface area contributed by atoms with Crippen molar-refractivity contribution in [3.05, 3.63) is 53.7 Å². The molecule has 0 saturated heterocycles. The van der Waals surface area contributed by atoms with Crippen molar-refractivity contribution in [2.45, 2.75) is 13.8 Å². The molecule has 0 spiro atoms. The number of rotatable bonds is 2. The Morgan fingerprint density at radius 2 is 1.70 bits per heavy atom. The number of nitrogens with zero attached hydrogens (tertiary/aromatic N) is 2. The number of hydrogen-bond acceptors (Lipinski definition) is 4. The van der Waals surface area contributed by atoms with Gasteiger partial charge >= 0.3 is 0 Å². The van der Waals surface area contributed by atoms with Gasteiger partial charge in [0, 0.05) is 16.5 Å². The molecule has 0 radical (unpaired) electrons. The molecule has 4 heteroatoms. The Balaban J connectivity index is 2.09. The van der Waals surface area contributed by atoms with Crippen molar-refractivity contribution in [3.8, 4) is 11.6 Å². The number of aromatic nitrogens is 2. The van der Waals surface area contributed by atoms with Crippen LogP contribution in [0.3, 0.4) is 0 Å². The standard InChI is InChI=1S/C16H15N3O/c1-10-9-12(17)7-8-15(10)20-16-14-6-4-3-5-13(14)11(2)18-19-16/h3-9H,17H2,1-2H3. The van der Waals surface area contributed by atoms with Gasteiger partial charge in [-0.1, -0.05) is 18.2 Å². The molecule has 1 aromatic heterocycles. The number of anilines is 1. The van der Waals surface area contributed by atoms with E-state index in [-0.39, 0.29) is 0 Å². The van der Waals surface area contributed by atoms with Crippen LogP contribution in [0.4, 0.5) is 5.69 Å². The lowest BCUT2D eigenvalue weighted by molar-refractivity contribution is 0.458. The number of hydrogen-bond donors (Lipinski definition) is 1. The van der Waals surface area contributed by atoms with Gasteiger partial charge in [0.05, 0.1) is 5.69 Å². The van der Waals surface area contributed by atoms with Crippen LogP contribution in [0.5, 0.6) is 11.6 Å². The molecule has 0 amide bonds. The van der Waals surface area contributed by atoms with Crippen molar-refractivity contribution in [1.82, 2.24) is 10.2 Å². The second kappa shape index (κ2) is 4.81. The highest BCUT2D eigenvalue weighted by Gasteiger charge is 2.09. The summed E-state index contributed by atoms with van der Waals surface area (Å²) in [4.78, 5) is 0. The molecule has 0 bridgehead atoms. The van der Waals surface area contributed by atoms with Gasteiger partial charge in [0.1, 0.15) is 5.75 Å². The molecule has 0 unspecified atom stereocenters. The summed E-state index contributed by atoms with van der Waals surface area (Å²) >= 11 is 0.